The molecule has 1 aliphatic carbocycles. The minimum absolute atomic E-state index is 0.148. The first-order valence-corrected chi connectivity index (χ1v) is 14.8. The van der Waals surface area contributed by atoms with E-state index in [1.54, 1.807) is 12.1 Å². The van der Waals surface area contributed by atoms with Gasteiger partial charge in [0.05, 0.1) is 31.1 Å². The molecular formula is C33H35NO6S. The van der Waals surface area contributed by atoms with Gasteiger partial charge in [0, 0.05) is 16.4 Å². The molecule has 2 aromatic carbocycles. The Hall–Kier alpha value is -3.72. The number of imide groups is 1. The van der Waals surface area contributed by atoms with Gasteiger partial charge in [0.15, 0.2) is 0 Å². The maximum Gasteiger partial charge on any atom is 0.234 e. The van der Waals surface area contributed by atoms with Crippen molar-refractivity contribution in [2.24, 2.45) is 17.8 Å². The van der Waals surface area contributed by atoms with Gasteiger partial charge in [-0.25, -0.2) is 0 Å². The van der Waals surface area contributed by atoms with Crippen molar-refractivity contribution in [1.29, 1.82) is 0 Å². The number of likely N-dealkylation sites (tertiary alicyclic amines) is 1. The Kier molecular flexibility index (Phi) is 9.03. The number of fused-ring (bicyclic) bond motifs is 1. The Morgan fingerprint density at radius 2 is 1.83 bits per heavy atom. The van der Waals surface area contributed by atoms with Crippen molar-refractivity contribution in [3.63, 3.8) is 0 Å². The van der Waals surface area contributed by atoms with Crippen LogP contribution < -0.4 is 4.74 Å². The monoisotopic (exact) mass is 573 g/mol. The molecule has 0 spiro atoms. The van der Waals surface area contributed by atoms with Gasteiger partial charge in [0.1, 0.15) is 18.1 Å². The molecule has 0 bridgehead atoms. The molecule has 5 rings (SSSR count). The number of ether oxygens (including phenoxy) is 1. The maximum absolute atomic E-state index is 13.6. The van der Waals surface area contributed by atoms with E-state index >= 15 is 0 Å². The molecule has 1 fully saturated rings. The van der Waals surface area contributed by atoms with Gasteiger partial charge in [-0.15, -0.1) is 11.3 Å². The highest BCUT2D eigenvalue weighted by Gasteiger charge is 2.54. The first-order chi connectivity index (χ1) is 19.9. The number of phenols is 1. The number of nitrogens with zero attached hydrogens (tertiary/aromatic N) is 1. The average Bonchev–Trinajstić information content (AvgIpc) is 3.58. The number of hydrogen-bond acceptors (Lipinski definition) is 7. The summed E-state index contributed by atoms with van der Waals surface area (Å²) in [6.45, 7) is 1.94. The van der Waals surface area contributed by atoms with Crippen molar-refractivity contribution < 1.29 is 29.6 Å². The SMILES string of the molecule is C/C(=C\c1ccccc1O)CC[C@@H](O)C1=C(COc2ccccc2)C[C@H]2C(=O)N(Cc3cccs3)C(=O)[C@H]2[C@H]1CO. The first kappa shape index (κ1) is 28.8. The maximum atomic E-state index is 13.6. The molecule has 1 aliphatic heterocycles. The molecule has 3 aromatic rings. The highest BCUT2D eigenvalue weighted by atomic mass is 32.1. The fourth-order valence-electron chi connectivity index (χ4n) is 6.03. The number of carbonyl (C=O) groups excluding carboxylic acids is 2. The number of aromatic hydroxyl groups is 1. The van der Waals surface area contributed by atoms with Crippen molar-refractivity contribution >= 4 is 29.2 Å². The number of aliphatic hydroxyl groups is 2. The lowest BCUT2D eigenvalue weighted by atomic mass is 9.68. The fraction of sp³-hybridized carbons (Fsp3) is 0.333. The number of hydrogen-bond donors (Lipinski definition) is 3. The third kappa shape index (κ3) is 6.30. The van der Waals surface area contributed by atoms with Crippen LogP contribution >= 0.6 is 11.3 Å². The molecule has 2 amide bonds. The number of aliphatic hydroxyl groups excluding tert-OH is 2. The largest absolute Gasteiger partial charge is 0.507 e. The fourth-order valence-corrected chi connectivity index (χ4v) is 6.72. The summed E-state index contributed by atoms with van der Waals surface area (Å²) in [5, 5.41) is 34.2. The molecule has 4 atom stereocenters. The van der Waals surface area contributed by atoms with Crippen LogP contribution in [0.4, 0.5) is 0 Å². The van der Waals surface area contributed by atoms with Crippen molar-refractivity contribution in [1.82, 2.24) is 4.90 Å². The molecule has 1 aromatic heterocycles. The van der Waals surface area contributed by atoms with E-state index < -0.39 is 23.9 Å². The number of phenolic OH excluding ortho intramolecular Hbond substituents is 1. The Morgan fingerprint density at radius 3 is 2.54 bits per heavy atom. The standard InChI is InChI=1S/C33H35NO6S/c1-21(16-22-8-5-6-12-28(22)36)13-14-29(37)30-23(20-40-24-9-3-2-4-10-24)17-26-31(27(30)19-35)33(39)34(32(26)38)18-25-11-7-15-41-25/h2-12,15-16,26-27,29,31,35-37H,13-14,17-20H2,1H3/b21-16+/t26-,27+,29-,31-/m1/s1. The van der Waals surface area contributed by atoms with Crippen LogP contribution in [0.3, 0.4) is 0 Å². The molecule has 2 aliphatic rings. The van der Waals surface area contributed by atoms with Crippen molar-refractivity contribution in [2.75, 3.05) is 13.2 Å². The predicted molar refractivity (Wildman–Crippen MR) is 158 cm³/mol. The Bertz CT molecular complexity index is 1430. The third-order valence-corrected chi connectivity index (χ3v) is 8.89. The molecule has 0 radical (unpaired) electrons. The lowest BCUT2D eigenvalue weighted by Crippen LogP contribution is -2.40. The summed E-state index contributed by atoms with van der Waals surface area (Å²) in [5.41, 5.74) is 3.02. The van der Waals surface area contributed by atoms with Gasteiger partial charge in [0.2, 0.25) is 11.8 Å². The molecule has 1 saturated heterocycles. The first-order valence-electron chi connectivity index (χ1n) is 13.9. The quantitative estimate of drug-likeness (QED) is 0.215. The van der Waals surface area contributed by atoms with Crippen molar-refractivity contribution in [3.05, 3.63) is 99.3 Å². The summed E-state index contributed by atoms with van der Waals surface area (Å²) in [6, 6.07) is 20.2. The van der Waals surface area contributed by atoms with E-state index in [9.17, 15) is 24.9 Å². The van der Waals surface area contributed by atoms with Gasteiger partial charge in [-0.1, -0.05) is 54.1 Å². The highest BCUT2D eigenvalue weighted by molar-refractivity contribution is 7.09. The molecule has 214 valence electrons. The summed E-state index contributed by atoms with van der Waals surface area (Å²) in [7, 11) is 0. The summed E-state index contributed by atoms with van der Waals surface area (Å²) < 4.78 is 6.06. The van der Waals surface area contributed by atoms with Crippen LogP contribution in [0.15, 0.2) is 88.8 Å². The number of allylic oxidation sites excluding steroid dienone is 1. The normalized spacial score (nSPS) is 21.8. The smallest absolute Gasteiger partial charge is 0.234 e. The van der Waals surface area contributed by atoms with E-state index in [1.807, 2.05) is 73.0 Å². The zero-order chi connectivity index (χ0) is 28.9. The van der Waals surface area contributed by atoms with Gasteiger partial charge < -0.3 is 20.1 Å². The van der Waals surface area contributed by atoms with Gasteiger partial charge in [-0.2, -0.15) is 0 Å². The van der Waals surface area contributed by atoms with E-state index in [4.69, 9.17) is 4.74 Å². The van der Waals surface area contributed by atoms with Crippen LogP contribution in [0, 0.1) is 17.8 Å². The molecule has 41 heavy (non-hydrogen) atoms. The Balaban J connectivity index is 1.41. The number of carbonyl (C=O) groups is 2. The molecule has 0 saturated carbocycles. The van der Waals surface area contributed by atoms with Crippen LogP contribution in [0.2, 0.25) is 0 Å². The van der Waals surface area contributed by atoms with E-state index in [2.05, 4.69) is 0 Å². The predicted octanol–water partition coefficient (Wildman–Crippen LogP) is 5.19. The Morgan fingerprint density at radius 1 is 1.07 bits per heavy atom. The second-order valence-corrected chi connectivity index (χ2v) is 11.8. The summed E-state index contributed by atoms with van der Waals surface area (Å²) in [6.07, 6.45) is 2.13. The third-order valence-electron chi connectivity index (χ3n) is 8.03. The molecular weight excluding hydrogens is 538 g/mol. The van der Waals surface area contributed by atoms with Crippen LogP contribution in [-0.4, -0.2) is 51.4 Å². The number of rotatable bonds is 11. The van der Waals surface area contributed by atoms with Gasteiger partial charge in [0.25, 0.3) is 0 Å². The summed E-state index contributed by atoms with van der Waals surface area (Å²) in [5.74, 6) is -1.71. The molecule has 3 N–H and O–H groups in total. The topological polar surface area (TPSA) is 107 Å². The number of thiophene rings is 1. The van der Waals surface area contributed by atoms with Crippen LogP contribution in [0.25, 0.3) is 6.08 Å². The molecule has 7 nitrogen and oxygen atoms in total. The second kappa shape index (κ2) is 12.9. The Labute approximate surface area is 244 Å². The zero-order valence-electron chi connectivity index (χ0n) is 23.0. The molecule has 2 heterocycles. The van der Waals surface area contributed by atoms with Crippen molar-refractivity contribution in [2.45, 2.75) is 38.8 Å². The lowest BCUT2D eigenvalue weighted by Gasteiger charge is -2.36. The van der Waals surface area contributed by atoms with Gasteiger partial charge in [-0.05, 0) is 67.0 Å². The minimum Gasteiger partial charge on any atom is -0.507 e. The van der Waals surface area contributed by atoms with E-state index in [-0.39, 0.29) is 37.3 Å². The minimum atomic E-state index is -0.940. The van der Waals surface area contributed by atoms with Crippen LogP contribution in [0.1, 0.15) is 36.6 Å². The zero-order valence-corrected chi connectivity index (χ0v) is 23.8. The average molecular weight is 574 g/mol. The number of benzene rings is 2. The number of amides is 2. The highest BCUT2D eigenvalue weighted by Crippen LogP contribution is 2.46. The van der Waals surface area contributed by atoms with Crippen LogP contribution in [-0.2, 0) is 16.1 Å². The number of para-hydroxylation sites is 2. The summed E-state index contributed by atoms with van der Waals surface area (Å²) >= 11 is 1.49. The van der Waals surface area contributed by atoms with E-state index in [0.29, 0.717) is 36.1 Å². The van der Waals surface area contributed by atoms with Gasteiger partial charge >= 0.3 is 0 Å². The molecule has 0 unspecified atom stereocenters. The lowest BCUT2D eigenvalue weighted by molar-refractivity contribution is -0.140. The molecule has 8 heteroatoms. The van der Waals surface area contributed by atoms with Crippen molar-refractivity contribution in [3.8, 4) is 11.5 Å². The summed E-state index contributed by atoms with van der Waals surface area (Å²) in [4.78, 5) is 29.4. The second-order valence-electron chi connectivity index (χ2n) is 10.7. The van der Waals surface area contributed by atoms with E-state index in [1.165, 1.54) is 16.2 Å². The van der Waals surface area contributed by atoms with E-state index in [0.717, 1.165) is 16.0 Å². The van der Waals surface area contributed by atoms with Crippen LogP contribution in [0.5, 0.6) is 11.5 Å². The van der Waals surface area contributed by atoms with Gasteiger partial charge in [-0.3, -0.25) is 14.5 Å².